The minimum Gasteiger partial charge on any atom is -0.349 e. The smallest absolute Gasteiger partial charge is 0.299 e. The standard InChI is InChI=1S/C14H15FN2O3/c1-16(2)12(18)4-3-7-17-11-6-5-9(15)8-10(11)13(19)14(17)20/h5-6,8H,3-4,7H2,1-2H3. The van der Waals surface area contributed by atoms with Crippen LogP contribution in [0.3, 0.4) is 0 Å². The van der Waals surface area contributed by atoms with E-state index in [9.17, 15) is 18.8 Å². The molecule has 0 saturated heterocycles. The molecule has 6 heteroatoms. The van der Waals surface area contributed by atoms with Gasteiger partial charge in [-0.05, 0) is 24.6 Å². The molecule has 1 heterocycles. The summed E-state index contributed by atoms with van der Waals surface area (Å²) in [5.41, 5.74) is 0.507. The second-order valence-corrected chi connectivity index (χ2v) is 4.84. The highest BCUT2D eigenvalue weighted by molar-refractivity contribution is 6.52. The van der Waals surface area contributed by atoms with Crippen LogP contribution in [0.1, 0.15) is 23.2 Å². The zero-order chi connectivity index (χ0) is 14.9. The van der Waals surface area contributed by atoms with Crippen molar-refractivity contribution >= 4 is 23.3 Å². The highest BCUT2D eigenvalue weighted by atomic mass is 19.1. The summed E-state index contributed by atoms with van der Waals surface area (Å²) in [5.74, 6) is -1.95. The van der Waals surface area contributed by atoms with Crippen molar-refractivity contribution in [1.82, 2.24) is 4.90 Å². The van der Waals surface area contributed by atoms with Gasteiger partial charge in [-0.2, -0.15) is 0 Å². The lowest BCUT2D eigenvalue weighted by Crippen LogP contribution is -2.31. The lowest BCUT2D eigenvalue weighted by molar-refractivity contribution is -0.128. The molecule has 1 aliphatic heterocycles. The van der Waals surface area contributed by atoms with Crippen molar-refractivity contribution in [3.63, 3.8) is 0 Å². The summed E-state index contributed by atoms with van der Waals surface area (Å²) in [4.78, 5) is 37.8. The first kappa shape index (κ1) is 14.2. The fraction of sp³-hybridized carbons (Fsp3) is 0.357. The number of fused-ring (bicyclic) bond motifs is 1. The molecule has 1 aliphatic rings. The van der Waals surface area contributed by atoms with Crippen LogP contribution in [0, 0.1) is 5.82 Å². The molecule has 0 N–H and O–H groups in total. The van der Waals surface area contributed by atoms with Crippen molar-refractivity contribution in [1.29, 1.82) is 0 Å². The van der Waals surface area contributed by atoms with Gasteiger partial charge in [-0.3, -0.25) is 14.4 Å². The molecule has 0 aliphatic carbocycles. The minimum absolute atomic E-state index is 0.0395. The maximum atomic E-state index is 13.1. The maximum absolute atomic E-state index is 13.1. The summed E-state index contributed by atoms with van der Waals surface area (Å²) < 4.78 is 13.1. The number of Topliss-reactive ketones (excluding diaryl/α,β-unsaturated/α-hetero) is 1. The molecule has 0 saturated carbocycles. The molecule has 1 aromatic rings. The van der Waals surface area contributed by atoms with Crippen LogP contribution in [-0.4, -0.2) is 43.1 Å². The first-order valence-corrected chi connectivity index (χ1v) is 6.27. The Kier molecular flexibility index (Phi) is 3.83. The van der Waals surface area contributed by atoms with Gasteiger partial charge in [0.15, 0.2) is 0 Å². The Bertz CT molecular complexity index is 584. The molecule has 0 bridgehead atoms. The number of anilines is 1. The number of carbonyl (C=O) groups excluding carboxylic acids is 3. The Balaban J connectivity index is 2.09. The van der Waals surface area contributed by atoms with Crippen LogP contribution in [0.2, 0.25) is 0 Å². The highest BCUT2D eigenvalue weighted by Gasteiger charge is 2.35. The van der Waals surface area contributed by atoms with Crippen LogP contribution in [-0.2, 0) is 9.59 Å². The highest BCUT2D eigenvalue weighted by Crippen LogP contribution is 2.29. The van der Waals surface area contributed by atoms with Crippen molar-refractivity contribution < 1.29 is 18.8 Å². The van der Waals surface area contributed by atoms with E-state index in [0.29, 0.717) is 18.5 Å². The normalized spacial score (nSPS) is 13.7. The number of amides is 2. The molecule has 0 fully saturated rings. The number of ketones is 1. The second-order valence-electron chi connectivity index (χ2n) is 4.84. The lowest BCUT2D eigenvalue weighted by atomic mass is 10.1. The molecule has 0 unspecified atom stereocenters. The molecule has 1 aromatic carbocycles. The number of carbonyl (C=O) groups is 3. The molecule has 5 nitrogen and oxygen atoms in total. The molecular weight excluding hydrogens is 263 g/mol. The molecule has 0 aromatic heterocycles. The third-order valence-corrected chi connectivity index (χ3v) is 3.20. The molecule has 2 rings (SSSR count). The molecule has 0 atom stereocenters. The molecule has 0 spiro atoms. The average Bonchev–Trinajstić information content (AvgIpc) is 2.63. The predicted molar refractivity (Wildman–Crippen MR) is 71.0 cm³/mol. The average molecular weight is 278 g/mol. The van der Waals surface area contributed by atoms with Gasteiger partial charge in [-0.25, -0.2) is 4.39 Å². The van der Waals surface area contributed by atoms with Crippen LogP contribution in [0.5, 0.6) is 0 Å². The van der Waals surface area contributed by atoms with Crippen molar-refractivity contribution in [2.75, 3.05) is 25.5 Å². The van der Waals surface area contributed by atoms with Gasteiger partial charge in [0, 0.05) is 27.1 Å². The Hall–Kier alpha value is -2.24. The number of hydrogen-bond donors (Lipinski definition) is 0. The number of halogens is 1. The van der Waals surface area contributed by atoms with E-state index in [1.165, 1.54) is 21.9 Å². The molecule has 2 amide bonds. The van der Waals surface area contributed by atoms with E-state index < -0.39 is 17.5 Å². The van der Waals surface area contributed by atoms with Crippen molar-refractivity contribution in [2.24, 2.45) is 0 Å². The zero-order valence-electron chi connectivity index (χ0n) is 11.4. The zero-order valence-corrected chi connectivity index (χ0v) is 11.4. The SMILES string of the molecule is CN(C)C(=O)CCCN1C(=O)C(=O)c2cc(F)ccc21. The second kappa shape index (κ2) is 5.40. The number of hydrogen-bond acceptors (Lipinski definition) is 3. The third kappa shape index (κ3) is 2.54. The summed E-state index contributed by atoms with van der Waals surface area (Å²) in [5, 5.41) is 0. The Morgan fingerprint density at radius 1 is 1.30 bits per heavy atom. The summed E-state index contributed by atoms with van der Waals surface area (Å²) in [6.07, 6.45) is 0.744. The van der Waals surface area contributed by atoms with E-state index in [0.717, 1.165) is 6.07 Å². The van der Waals surface area contributed by atoms with Crippen LogP contribution in [0.4, 0.5) is 10.1 Å². The molecule has 20 heavy (non-hydrogen) atoms. The maximum Gasteiger partial charge on any atom is 0.299 e. The first-order valence-electron chi connectivity index (χ1n) is 6.27. The molecule has 106 valence electrons. The van der Waals surface area contributed by atoms with Crippen molar-refractivity contribution in [2.45, 2.75) is 12.8 Å². The Morgan fingerprint density at radius 3 is 2.65 bits per heavy atom. The quantitative estimate of drug-likeness (QED) is 0.778. The third-order valence-electron chi connectivity index (χ3n) is 3.20. The van der Waals surface area contributed by atoms with Crippen molar-refractivity contribution in [3.05, 3.63) is 29.6 Å². The number of benzene rings is 1. The monoisotopic (exact) mass is 278 g/mol. The van der Waals surface area contributed by atoms with E-state index in [4.69, 9.17) is 0 Å². The number of nitrogens with zero attached hydrogens (tertiary/aromatic N) is 2. The topological polar surface area (TPSA) is 57.7 Å². The van der Waals surface area contributed by atoms with E-state index in [-0.39, 0.29) is 18.0 Å². The Morgan fingerprint density at radius 2 is 2.00 bits per heavy atom. The summed E-state index contributed by atoms with van der Waals surface area (Å²) in [6.45, 7) is 0.267. The van der Waals surface area contributed by atoms with Gasteiger partial charge in [-0.15, -0.1) is 0 Å². The van der Waals surface area contributed by atoms with Crippen LogP contribution in [0.25, 0.3) is 0 Å². The minimum atomic E-state index is -0.696. The van der Waals surface area contributed by atoms with Crippen LogP contribution < -0.4 is 4.90 Å². The van der Waals surface area contributed by atoms with E-state index in [1.807, 2.05) is 0 Å². The fourth-order valence-corrected chi connectivity index (χ4v) is 2.11. The first-order chi connectivity index (χ1) is 9.41. The van der Waals surface area contributed by atoms with Gasteiger partial charge < -0.3 is 9.80 Å². The number of rotatable bonds is 4. The Labute approximate surface area is 116 Å². The van der Waals surface area contributed by atoms with Gasteiger partial charge in [0.2, 0.25) is 5.91 Å². The lowest BCUT2D eigenvalue weighted by Gasteiger charge is -2.17. The van der Waals surface area contributed by atoms with Gasteiger partial charge in [0.05, 0.1) is 11.3 Å². The van der Waals surface area contributed by atoms with Gasteiger partial charge in [0.25, 0.3) is 11.7 Å². The van der Waals surface area contributed by atoms with E-state index in [1.54, 1.807) is 14.1 Å². The van der Waals surface area contributed by atoms with Crippen molar-refractivity contribution in [3.8, 4) is 0 Å². The van der Waals surface area contributed by atoms with Gasteiger partial charge in [-0.1, -0.05) is 0 Å². The van der Waals surface area contributed by atoms with Gasteiger partial charge in [0.1, 0.15) is 5.82 Å². The summed E-state index contributed by atoms with van der Waals surface area (Å²) in [6, 6.07) is 3.70. The van der Waals surface area contributed by atoms with Crippen LogP contribution >= 0.6 is 0 Å². The van der Waals surface area contributed by atoms with E-state index in [2.05, 4.69) is 0 Å². The summed E-state index contributed by atoms with van der Waals surface area (Å²) >= 11 is 0. The van der Waals surface area contributed by atoms with Gasteiger partial charge >= 0.3 is 0 Å². The molecule has 0 radical (unpaired) electrons. The van der Waals surface area contributed by atoms with Crippen LogP contribution in [0.15, 0.2) is 18.2 Å². The van der Waals surface area contributed by atoms with E-state index >= 15 is 0 Å². The largest absolute Gasteiger partial charge is 0.349 e. The molecular formula is C14H15FN2O3. The summed E-state index contributed by atoms with van der Waals surface area (Å²) in [7, 11) is 3.32. The fourth-order valence-electron chi connectivity index (χ4n) is 2.11. The predicted octanol–water partition coefficient (Wildman–Crippen LogP) is 1.22.